The highest BCUT2D eigenvalue weighted by Crippen LogP contribution is 2.23. The minimum Gasteiger partial charge on any atom is -0.463 e. The Kier molecular flexibility index (Phi) is 3.64. The molecule has 0 aliphatic rings. The summed E-state index contributed by atoms with van der Waals surface area (Å²) in [5.74, 6) is -0.240. The number of carbonyl (C=O) groups excluding carboxylic acids is 1. The molecule has 1 aromatic carbocycles. The number of rotatable bonds is 4. The summed E-state index contributed by atoms with van der Waals surface area (Å²) in [6, 6.07) is 5.62. The first-order chi connectivity index (χ1) is 8.67. The van der Waals surface area contributed by atoms with Crippen molar-refractivity contribution in [3.63, 3.8) is 0 Å². The zero-order valence-electron chi connectivity index (χ0n) is 10.6. The van der Waals surface area contributed by atoms with Gasteiger partial charge in [0.05, 0.1) is 19.3 Å². The van der Waals surface area contributed by atoms with Crippen LogP contribution in [0.4, 0.5) is 0 Å². The lowest BCUT2D eigenvalue weighted by molar-refractivity contribution is -0.0756. The van der Waals surface area contributed by atoms with Gasteiger partial charge in [-0.05, 0) is 17.7 Å². The molecule has 0 saturated heterocycles. The van der Waals surface area contributed by atoms with Crippen LogP contribution in [0.25, 0.3) is 11.0 Å². The van der Waals surface area contributed by atoms with E-state index in [4.69, 9.17) is 14.0 Å². The molecule has 1 aromatic heterocycles. The molecule has 1 heterocycles. The minimum atomic E-state index is -0.240. The molecule has 18 heavy (non-hydrogen) atoms. The van der Waals surface area contributed by atoms with E-state index in [0.29, 0.717) is 17.8 Å². The molecule has 0 atom stereocenters. The summed E-state index contributed by atoms with van der Waals surface area (Å²) in [7, 11) is 4.63. The number of amides is 1. The molecule has 0 unspecified atom stereocenters. The third kappa shape index (κ3) is 2.23. The minimum absolute atomic E-state index is 0.240. The topological polar surface area (TPSA) is 51.9 Å². The van der Waals surface area contributed by atoms with E-state index in [1.807, 2.05) is 18.2 Å². The molecule has 0 spiro atoms. The number of nitrogens with zero attached hydrogens (tertiary/aromatic N) is 1. The molecule has 0 aliphatic heterocycles. The van der Waals surface area contributed by atoms with Gasteiger partial charge in [-0.25, -0.2) is 5.06 Å². The molecule has 0 aliphatic carbocycles. The predicted molar refractivity (Wildman–Crippen MR) is 66.0 cm³/mol. The van der Waals surface area contributed by atoms with Crippen molar-refractivity contribution in [2.75, 3.05) is 21.3 Å². The van der Waals surface area contributed by atoms with Gasteiger partial charge in [-0.1, -0.05) is 6.07 Å². The number of ether oxygens (including phenoxy) is 1. The van der Waals surface area contributed by atoms with Crippen LogP contribution in [0.3, 0.4) is 0 Å². The Labute approximate surface area is 105 Å². The number of hydroxylamine groups is 2. The molecule has 2 rings (SSSR count). The third-order valence-corrected chi connectivity index (χ3v) is 2.74. The summed E-state index contributed by atoms with van der Waals surface area (Å²) in [6.07, 6.45) is 1.44. The van der Waals surface area contributed by atoms with Crippen molar-refractivity contribution in [3.05, 3.63) is 35.6 Å². The van der Waals surface area contributed by atoms with E-state index in [0.717, 1.165) is 16.0 Å². The number of hydrogen-bond donors (Lipinski definition) is 0. The van der Waals surface area contributed by atoms with E-state index in [2.05, 4.69) is 0 Å². The van der Waals surface area contributed by atoms with Gasteiger partial charge in [-0.2, -0.15) is 0 Å². The molecule has 96 valence electrons. The number of benzene rings is 1. The van der Waals surface area contributed by atoms with Crippen LogP contribution >= 0.6 is 0 Å². The lowest BCUT2D eigenvalue weighted by Gasteiger charge is -2.12. The number of fused-ring (bicyclic) bond motifs is 1. The fourth-order valence-corrected chi connectivity index (χ4v) is 1.75. The van der Waals surface area contributed by atoms with Crippen LogP contribution in [0.1, 0.15) is 15.9 Å². The maximum Gasteiger partial charge on any atom is 0.281 e. The zero-order valence-corrected chi connectivity index (χ0v) is 10.6. The van der Waals surface area contributed by atoms with Crippen LogP contribution in [0.15, 0.2) is 28.9 Å². The van der Waals surface area contributed by atoms with Gasteiger partial charge in [-0.15, -0.1) is 0 Å². The van der Waals surface area contributed by atoms with E-state index >= 15 is 0 Å². The van der Waals surface area contributed by atoms with Gasteiger partial charge in [0.1, 0.15) is 11.8 Å². The lowest BCUT2D eigenvalue weighted by Crippen LogP contribution is -2.25. The summed E-state index contributed by atoms with van der Waals surface area (Å²) >= 11 is 0. The van der Waals surface area contributed by atoms with Crippen LogP contribution in [0.5, 0.6) is 0 Å². The van der Waals surface area contributed by atoms with E-state index in [1.54, 1.807) is 14.2 Å². The van der Waals surface area contributed by atoms with Gasteiger partial charge in [0.2, 0.25) is 0 Å². The molecule has 2 aromatic rings. The summed E-state index contributed by atoms with van der Waals surface area (Å²) in [4.78, 5) is 16.8. The predicted octanol–water partition coefficient (Wildman–Crippen LogP) is 2.21. The fraction of sp³-hybridized carbons (Fsp3) is 0.308. The molecule has 0 bridgehead atoms. The lowest BCUT2D eigenvalue weighted by atomic mass is 10.1. The smallest absolute Gasteiger partial charge is 0.281 e. The van der Waals surface area contributed by atoms with Crippen molar-refractivity contribution in [3.8, 4) is 0 Å². The SMILES string of the molecule is COCc1ccc2c(C(=O)N(C)OC)coc2c1. The third-order valence-electron chi connectivity index (χ3n) is 2.74. The number of furan rings is 1. The van der Waals surface area contributed by atoms with Crippen molar-refractivity contribution in [1.82, 2.24) is 5.06 Å². The van der Waals surface area contributed by atoms with Crippen molar-refractivity contribution in [1.29, 1.82) is 0 Å². The molecule has 1 amide bonds. The van der Waals surface area contributed by atoms with E-state index in [9.17, 15) is 4.79 Å². The van der Waals surface area contributed by atoms with Crippen LogP contribution in [-0.2, 0) is 16.2 Å². The second-order valence-corrected chi connectivity index (χ2v) is 3.90. The Morgan fingerprint density at radius 2 is 2.17 bits per heavy atom. The van der Waals surface area contributed by atoms with Crippen LogP contribution in [-0.4, -0.2) is 32.2 Å². The Hall–Kier alpha value is -1.85. The largest absolute Gasteiger partial charge is 0.463 e. The Morgan fingerprint density at radius 1 is 1.39 bits per heavy atom. The quantitative estimate of drug-likeness (QED) is 0.779. The first-order valence-electron chi connectivity index (χ1n) is 5.48. The average Bonchev–Trinajstić information content (AvgIpc) is 2.80. The monoisotopic (exact) mass is 249 g/mol. The molecule has 0 radical (unpaired) electrons. The highest BCUT2D eigenvalue weighted by Gasteiger charge is 2.17. The number of methoxy groups -OCH3 is 1. The van der Waals surface area contributed by atoms with Gasteiger partial charge >= 0.3 is 0 Å². The van der Waals surface area contributed by atoms with E-state index in [-0.39, 0.29) is 5.91 Å². The Bertz CT molecular complexity index is 561. The van der Waals surface area contributed by atoms with Crippen molar-refractivity contribution in [2.45, 2.75) is 6.61 Å². The highest BCUT2D eigenvalue weighted by atomic mass is 16.7. The Morgan fingerprint density at radius 3 is 2.83 bits per heavy atom. The molecule has 0 N–H and O–H groups in total. The first-order valence-corrected chi connectivity index (χ1v) is 5.48. The van der Waals surface area contributed by atoms with Crippen LogP contribution in [0, 0.1) is 0 Å². The molecular formula is C13H15NO4. The second-order valence-electron chi connectivity index (χ2n) is 3.90. The average molecular weight is 249 g/mol. The van der Waals surface area contributed by atoms with Crippen LogP contribution < -0.4 is 0 Å². The van der Waals surface area contributed by atoms with E-state index in [1.165, 1.54) is 13.4 Å². The zero-order chi connectivity index (χ0) is 13.1. The summed E-state index contributed by atoms with van der Waals surface area (Å²) in [5, 5.41) is 1.93. The van der Waals surface area contributed by atoms with Crippen molar-refractivity contribution in [2.24, 2.45) is 0 Å². The van der Waals surface area contributed by atoms with Crippen LogP contribution in [0.2, 0.25) is 0 Å². The maximum absolute atomic E-state index is 12.0. The first kappa shape index (κ1) is 12.6. The van der Waals surface area contributed by atoms with Gasteiger partial charge in [0, 0.05) is 19.5 Å². The Balaban J connectivity index is 2.40. The van der Waals surface area contributed by atoms with Gasteiger partial charge < -0.3 is 9.15 Å². The second kappa shape index (κ2) is 5.20. The maximum atomic E-state index is 12.0. The van der Waals surface area contributed by atoms with Crippen molar-refractivity contribution >= 4 is 16.9 Å². The number of hydrogen-bond acceptors (Lipinski definition) is 4. The normalized spacial score (nSPS) is 10.8. The molecule has 5 heteroatoms. The van der Waals surface area contributed by atoms with Crippen molar-refractivity contribution < 1.29 is 18.8 Å². The number of carbonyl (C=O) groups is 1. The molecule has 0 saturated carbocycles. The highest BCUT2D eigenvalue weighted by molar-refractivity contribution is 6.05. The standard InChI is InChI=1S/C13H15NO4/c1-14(17-3)13(15)11-8-18-12-6-9(7-16-2)4-5-10(11)12/h4-6,8H,7H2,1-3H3. The fourth-order valence-electron chi connectivity index (χ4n) is 1.75. The van der Waals surface area contributed by atoms with E-state index < -0.39 is 0 Å². The van der Waals surface area contributed by atoms with Gasteiger partial charge in [0.25, 0.3) is 5.91 Å². The van der Waals surface area contributed by atoms with Gasteiger partial charge in [-0.3, -0.25) is 9.63 Å². The summed E-state index contributed by atoms with van der Waals surface area (Å²) < 4.78 is 10.4. The summed E-state index contributed by atoms with van der Waals surface area (Å²) in [6.45, 7) is 0.512. The molecular weight excluding hydrogens is 234 g/mol. The van der Waals surface area contributed by atoms with Gasteiger partial charge in [0.15, 0.2) is 0 Å². The molecule has 5 nitrogen and oxygen atoms in total. The summed E-state index contributed by atoms with van der Waals surface area (Å²) in [5.41, 5.74) is 2.15. The molecule has 0 fully saturated rings.